The molecular weight excluding hydrogens is 124 g/mol. The summed E-state index contributed by atoms with van der Waals surface area (Å²) < 4.78 is 0. The number of aromatic nitrogens is 2. The molecule has 1 unspecified atom stereocenters. The van der Waals surface area contributed by atoms with Crippen LogP contribution in [0.2, 0.25) is 0 Å². The van der Waals surface area contributed by atoms with Crippen molar-refractivity contribution in [3.63, 3.8) is 0 Å². The van der Waals surface area contributed by atoms with Crippen LogP contribution in [0.3, 0.4) is 0 Å². The van der Waals surface area contributed by atoms with Gasteiger partial charge in [-0.1, -0.05) is 13.8 Å². The fourth-order valence-electron chi connectivity index (χ4n) is 0.710. The van der Waals surface area contributed by atoms with Crippen LogP contribution in [0.25, 0.3) is 0 Å². The van der Waals surface area contributed by atoms with E-state index in [2.05, 4.69) is 30.0 Å². The molecule has 0 aliphatic heterocycles. The van der Waals surface area contributed by atoms with E-state index in [-0.39, 0.29) is 0 Å². The molecule has 2 heteroatoms. The summed E-state index contributed by atoms with van der Waals surface area (Å²) >= 11 is 0. The maximum atomic E-state index is 4.13. The van der Waals surface area contributed by atoms with Crippen LogP contribution in [-0.4, -0.2) is 9.97 Å². The van der Waals surface area contributed by atoms with Crippen molar-refractivity contribution >= 4 is 0 Å². The molecule has 0 aliphatic rings. The largest absolute Gasteiger partial charge is 0.257 e. The second-order valence-corrected chi connectivity index (χ2v) is 2.36. The van der Waals surface area contributed by atoms with Crippen LogP contribution in [0, 0.1) is 6.20 Å². The van der Waals surface area contributed by atoms with Gasteiger partial charge in [0.2, 0.25) is 0 Å². The van der Waals surface area contributed by atoms with E-state index in [9.17, 15) is 0 Å². The molecule has 0 spiro atoms. The van der Waals surface area contributed by atoms with Crippen molar-refractivity contribution in [1.82, 2.24) is 9.97 Å². The first-order chi connectivity index (χ1) is 4.84. The fraction of sp³-hybridized carbons (Fsp3) is 0.500. The van der Waals surface area contributed by atoms with Gasteiger partial charge in [-0.05, 0) is 6.42 Å². The second kappa shape index (κ2) is 3.30. The Kier molecular flexibility index (Phi) is 2.37. The van der Waals surface area contributed by atoms with Gasteiger partial charge < -0.3 is 0 Å². The van der Waals surface area contributed by atoms with Gasteiger partial charge >= 0.3 is 0 Å². The molecule has 53 valence electrons. The fourth-order valence-corrected chi connectivity index (χ4v) is 0.710. The minimum Gasteiger partial charge on any atom is -0.257 e. The summed E-state index contributed by atoms with van der Waals surface area (Å²) in [5.74, 6) is 0.480. The van der Waals surface area contributed by atoms with Gasteiger partial charge in [0.25, 0.3) is 0 Å². The standard InChI is InChI=1S/C8H11N2/c1-3-7(2)8-6-9-4-5-10-8/h4-5,7H,3H2,1-2H3. The van der Waals surface area contributed by atoms with Crippen molar-refractivity contribution in [2.75, 3.05) is 0 Å². The normalized spacial score (nSPS) is 13.0. The third-order valence-corrected chi connectivity index (χ3v) is 1.61. The minimum absolute atomic E-state index is 0.480. The predicted octanol–water partition coefficient (Wildman–Crippen LogP) is 1.79. The lowest BCUT2D eigenvalue weighted by atomic mass is 10.1. The summed E-state index contributed by atoms with van der Waals surface area (Å²) in [7, 11) is 0. The van der Waals surface area contributed by atoms with Crippen LogP contribution < -0.4 is 0 Å². The first-order valence-corrected chi connectivity index (χ1v) is 3.53. The highest BCUT2D eigenvalue weighted by Gasteiger charge is 2.02. The molecule has 1 rings (SSSR count). The molecule has 1 atom stereocenters. The zero-order chi connectivity index (χ0) is 7.40. The Balaban J connectivity index is 2.75. The van der Waals surface area contributed by atoms with Crippen molar-refractivity contribution in [3.05, 3.63) is 24.3 Å². The molecule has 1 radical (unpaired) electrons. The molecular formula is C8H11N2. The SMILES string of the molecule is CCC(C)c1[c]nccn1. The van der Waals surface area contributed by atoms with Crippen LogP contribution in [0.1, 0.15) is 31.9 Å². The van der Waals surface area contributed by atoms with Gasteiger partial charge in [0, 0.05) is 18.3 Å². The Morgan fingerprint density at radius 2 is 2.40 bits per heavy atom. The molecule has 1 heterocycles. The summed E-state index contributed by atoms with van der Waals surface area (Å²) in [6.07, 6.45) is 7.30. The van der Waals surface area contributed by atoms with Crippen molar-refractivity contribution in [2.45, 2.75) is 26.2 Å². The highest BCUT2D eigenvalue weighted by molar-refractivity contribution is 4.99. The van der Waals surface area contributed by atoms with Crippen LogP contribution >= 0.6 is 0 Å². The molecule has 0 bridgehead atoms. The monoisotopic (exact) mass is 135 g/mol. The van der Waals surface area contributed by atoms with Gasteiger partial charge in [-0.2, -0.15) is 0 Å². The van der Waals surface area contributed by atoms with E-state index in [0.29, 0.717) is 5.92 Å². The van der Waals surface area contributed by atoms with Crippen molar-refractivity contribution < 1.29 is 0 Å². The summed E-state index contributed by atoms with van der Waals surface area (Å²) in [4.78, 5) is 8.00. The van der Waals surface area contributed by atoms with E-state index in [4.69, 9.17) is 0 Å². The molecule has 0 fully saturated rings. The summed E-state index contributed by atoms with van der Waals surface area (Å²) in [6, 6.07) is 0. The Morgan fingerprint density at radius 3 is 2.90 bits per heavy atom. The topological polar surface area (TPSA) is 25.8 Å². The Labute approximate surface area is 61.3 Å². The highest BCUT2D eigenvalue weighted by atomic mass is 14.8. The lowest BCUT2D eigenvalue weighted by Gasteiger charge is -2.03. The molecule has 0 amide bonds. The van der Waals surface area contributed by atoms with Crippen LogP contribution in [0.15, 0.2) is 12.4 Å². The molecule has 0 saturated heterocycles. The van der Waals surface area contributed by atoms with E-state index in [1.165, 1.54) is 0 Å². The minimum atomic E-state index is 0.480. The zero-order valence-corrected chi connectivity index (χ0v) is 6.33. The number of rotatable bonds is 2. The molecule has 10 heavy (non-hydrogen) atoms. The van der Waals surface area contributed by atoms with E-state index < -0.39 is 0 Å². The number of nitrogens with zero attached hydrogens (tertiary/aromatic N) is 2. The van der Waals surface area contributed by atoms with E-state index in [0.717, 1.165) is 12.1 Å². The first kappa shape index (κ1) is 7.19. The zero-order valence-electron chi connectivity index (χ0n) is 6.33. The number of hydrogen-bond acceptors (Lipinski definition) is 2. The molecule has 0 aromatic carbocycles. The van der Waals surface area contributed by atoms with Gasteiger partial charge in [-0.3, -0.25) is 9.97 Å². The van der Waals surface area contributed by atoms with E-state index in [1.54, 1.807) is 12.4 Å². The Morgan fingerprint density at radius 1 is 1.60 bits per heavy atom. The predicted molar refractivity (Wildman–Crippen MR) is 39.6 cm³/mol. The third kappa shape index (κ3) is 1.53. The van der Waals surface area contributed by atoms with Crippen LogP contribution in [0.4, 0.5) is 0 Å². The maximum Gasteiger partial charge on any atom is 0.112 e. The van der Waals surface area contributed by atoms with Crippen molar-refractivity contribution in [1.29, 1.82) is 0 Å². The summed E-state index contributed by atoms with van der Waals surface area (Å²) in [6.45, 7) is 4.26. The smallest absolute Gasteiger partial charge is 0.112 e. The Bertz CT molecular complexity index is 184. The lowest BCUT2D eigenvalue weighted by Crippen LogP contribution is -1.95. The highest BCUT2D eigenvalue weighted by Crippen LogP contribution is 2.12. The van der Waals surface area contributed by atoms with E-state index >= 15 is 0 Å². The van der Waals surface area contributed by atoms with Crippen LogP contribution in [-0.2, 0) is 0 Å². The maximum absolute atomic E-state index is 4.13. The summed E-state index contributed by atoms with van der Waals surface area (Å²) in [5, 5.41) is 0. The second-order valence-electron chi connectivity index (χ2n) is 2.36. The van der Waals surface area contributed by atoms with Crippen molar-refractivity contribution in [3.8, 4) is 0 Å². The van der Waals surface area contributed by atoms with Gasteiger partial charge in [0.15, 0.2) is 0 Å². The van der Waals surface area contributed by atoms with Gasteiger partial charge in [0.1, 0.15) is 6.20 Å². The van der Waals surface area contributed by atoms with Gasteiger partial charge in [-0.25, -0.2) is 0 Å². The molecule has 0 saturated carbocycles. The average molecular weight is 135 g/mol. The molecule has 1 aromatic heterocycles. The molecule has 2 nitrogen and oxygen atoms in total. The third-order valence-electron chi connectivity index (χ3n) is 1.61. The molecule has 0 N–H and O–H groups in total. The quantitative estimate of drug-likeness (QED) is 0.617. The van der Waals surface area contributed by atoms with Crippen LogP contribution in [0.5, 0.6) is 0 Å². The van der Waals surface area contributed by atoms with E-state index in [1.807, 2.05) is 0 Å². The lowest BCUT2D eigenvalue weighted by molar-refractivity contribution is 0.701. The average Bonchev–Trinajstić information content (AvgIpc) is 2.05. The van der Waals surface area contributed by atoms with Gasteiger partial charge in [0.05, 0.1) is 5.69 Å². The first-order valence-electron chi connectivity index (χ1n) is 3.53. The van der Waals surface area contributed by atoms with Gasteiger partial charge in [-0.15, -0.1) is 0 Å². The Hall–Kier alpha value is -0.920. The van der Waals surface area contributed by atoms with Crippen molar-refractivity contribution in [2.24, 2.45) is 0 Å². The molecule has 1 aromatic rings. The molecule has 0 aliphatic carbocycles. The summed E-state index contributed by atoms with van der Waals surface area (Å²) in [5.41, 5.74) is 0.963. The number of hydrogen-bond donors (Lipinski definition) is 0.